The molecule has 4 nitrogen and oxygen atoms in total. The van der Waals surface area contributed by atoms with Gasteiger partial charge in [0.2, 0.25) is 11.8 Å². The predicted octanol–water partition coefficient (Wildman–Crippen LogP) is 2.36. The van der Waals surface area contributed by atoms with Gasteiger partial charge in [-0.25, -0.2) is 4.39 Å². The van der Waals surface area contributed by atoms with E-state index in [2.05, 4.69) is 26.6 Å². The zero-order chi connectivity index (χ0) is 14.0. The van der Waals surface area contributed by atoms with Crippen LogP contribution in [0.2, 0.25) is 0 Å². The molecule has 1 aromatic rings. The van der Waals surface area contributed by atoms with E-state index in [4.69, 9.17) is 0 Å². The summed E-state index contributed by atoms with van der Waals surface area (Å²) in [5, 5.41) is 5.44. The van der Waals surface area contributed by atoms with Gasteiger partial charge in [0, 0.05) is 18.7 Å². The Balaban J connectivity index is 2.07. The lowest BCUT2D eigenvalue weighted by molar-refractivity contribution is -0.126. The third-order valence-corrected chi connectivity index (χ3v) is 3.77. The van der Waals surface area contributed by atoms with Crippen LogP contribution in [0.25, 0.3) is 0 Å². The van der Waals surface area contributed by atoms with E-state index in [9.17, 15) is 14.0 Å². The first kappa shape index (κ1) is 14.0. The topological polar surface area (TPSA) is 58.2 Å². The number of rotatable bonds is 2. The van der Waals surface area contributed by atoms with Crippen molar-refractivity contribution in [1.82, 2.24) is 5.32 Å². The molecule has 1 heterocycles. The molecular formula is C13H14BrFN2O2. The number of amides is 2. The summed E-state index contributed by atoms with van der Waals surface area (Å²) in [6.07, 6.45) is 0.906. The van der Waals surface area contributed by atoms with Gasteiger partial charge in [0.05, 0.1) is 10.4 Å². The van der Waals surface area contributed by atoms with E-state index < -0.39 is 0 Å². The minimum absolute atomic E-state index is 0.0234. The van der Waals surface area contributed by atoms with Gasteiger partial charge in [0.1, 0.15) is 5.82 Å². The number of aryl methyl sites for hydroxylation is 1. The molecule has 2 rings (SSSR count). The van der Waals surface area contributed by atoms with Crippen molar-refractivity contribution in [2.24, 2.45) is 5.92 Å². The minimum atomic E-state index is -0.361. The van der Waals surface area contributed by atoms with Gasteiger partial charge in [0.25, 0.3) is 0 Å². The average molecular weight is 329 g/mol. The lowest BCUT2D eigenvalue weighted by Crippen LogP contribution is -2.40. The quantitative estimate of drug-likeness (QED) is 0.875. The Morgan fingerprint density at radius 1 is 1.53 bits per heavy atom. The highest BCUT2D eigenvalue weighted by molar-refractivity contribution is 9.10. The Morgan fingerprint density at radius 3 is 2.89 bits per heavy atom. The molecule has 2 N–H and O–H groups in total. The van der Waals surface area contributed by atoms with Crippen LogP contribution in [0.1, 0.15) is 18.4 Å². The number of hydrogen-bond acceptors (Lipinski definition) is 2. The molecule has 0 bridgehead atoms. The number of hydrogen-bond donors (Lipinski definition) is 2. The summed E-state index contributed by atoms with van der Waals surface area (Å²) >= 11 is 3.09. The highest BCUT2D eigenvalue weighted by atomic mass is 79.9. The molecule has 1 fully saturated rings. The maximum absolute atomic E-state index is 13.3. The molecule has 2 amide bonds. The zero-order valence-corrected chi connectivity index (χ0v) is 12.0. The molecule has 1 unspecified atom stereocenters. The van der Waals surface area contributed by atoms with Crippen LogP contribution in [0.4, 0.5) is 10.1 Å². The molecule has 1 atom stereocenters. The predicted molar refractivity (Wildman–Crippen MR) is 73.2 cm³/mol. The van der Waals surface area contributed by atoms with Crippen LogP contribution in [0.5, 0.6) is 0 Å². The van der Waals surface area contributed by atoms with Gasteiger partial charge >= 0.3 is 0 Å². The zero-order valence-electron chi connectivity index (χ0n) is 10.4. The lowest BCUT2D eigenvalue weighted by Gasteiger charge is -2.22. The number of carbonyl (C=O) groups is 2. The molecule has 1 aliphatic rings. The Morgan fingerprint density at radius 2 is 2.26 bits per heavy atom. The highest BCUT2D eigenvalue weighted by Gasteiger charge is 2.24. The fourth-order valence-electron chi connectivity index (χ4n) is 1.97. The van der Waals surface area contributed by atoms with Crippen molar-refractivity contribution >= 4 is 33.4 Å². The molecule has 1 aliphatic heterocycles. The smallest absolute Gasteiger partial charge is 0.229 e. The van der Waals surface area contributed by atoms with E-state index in [1.807, 2.05) is 0 Å². The number of halogens is 2. The number of benzene rings is 1. The van der Waals surface area contributed by atoms with E-state index in [1.165, 1.54) is 6.07 Å². The van der Waals surface area contributed by atoms with E-state index in [-0.39, 0.29) is 23.5 Å². The molecule has 0 radical (unpaired) electrons. The second kappa shape index (κ2) is 5.69. The summed E-state index contributed by atoms with van der Waals surface area (Å²) in [6.45, 7) is 2.08. The van der Waals surface area contributed by atoms with Crippen LogP contribution in [-0.2, 0) is 9.59 Å². The Kier molecular flexibility index (Phi) is 4.19. The van der Waals surface area contributed by atoms with Crippen molar-refractivity contribution < 1.29 is 14.0 Å². The van der Waals surface area contributed by atoms with Crippen molar-refractivity contribution in [3.8, 4) is 0 Å². The summed E-state index contributed by atoms with van der Waals surface area (Å²) in [4.78, 5) is 23.1. The van der Waals surface area contributed by atoms with Crippen molar-refractivity contribution in [1.29, 1.82) is 0 Å². The van der Waals surface area contributed by atoms with E-state index >= 15 is 0 Å². The second-order valence-electron chi connectivity index (χ2n) is 4.61. The van der Waals surface area contributed by atoms with Gasteiger partial charge in [-0.1, -0.05) is 0 Å². The number of carbonyl (C=O) groups excluding carboxylic acids is 2. The SMILES string of the molecule is Cc1cc(F)c(Br)cc1NC(=O)C1CCC(=O)NC1. The molecule has 19 heavy (non-hydrogen) atoms. The molecule has 1 aromatic carbocycles. The lowest BCUT2D eigenvalue weighted by atomic mass is 9.98. The van der Waals surface area contributed by atoms with Crippen molar-refractivity contribution in [3.63, 3.8) is 0 Å². The molecule has 0 saturated carbocycles. The van der Waals surface area contributed by atoms with Crippen LogP contribution in [-0.4, -0.2) is 18.4 Å². The molecule has 0 aliphatic carbocycles. The molecule has 6 heteroatoms. The van der Waals surface area contributed by atoms with Crippen LogP contribution >= 0.6 is 15.9 Å². The summed E-state index contributed by atoms with van der Waals surface area (Å²) in [6, 6.07) is 2.91. The maximum Gasteiger partial charge on any atom is 0.229 e. The van der Waals surface area contributed by atoms with Gasteiger partial charge in [-0.2, -0.15) is 0 Å². The first-order chi connectivity index (χ1) is 8.97. The fraction of sp³-hybridized carbons (Fsp3) is 0.385. The first-order valence-electron chi connectivity index (χ1n) is 6.00. The summed E-state index contributed by atoms with van der Waals surface area (Å²) in [5.41, 5.74) is 1.24. The second-order valence-corrected chi connectivity index (χ2v) is 5.46. The van der Waals surface area contributed by atoms with Gasteiger partial charge < -0.3 is 10.6 Å². The van der Waals surface area contributed by atoms with Crippen LogP contribution in [0, 0.1) is 18.7 Å². The van der Waals surface area contributed by atoms with Gasteiger partial charge in [0.15, 0.2) is 0 Å². The Hall–Kier alpha value is -1.43. The summed E-state index contributed by atoms with van der Waals surface area (Å²) in [5.74, 6) is -0.771. The minimum Gasteiger partial charge on any atom is -0.355 e. The summed E-state index contributed by atoms with van der Waals surface area (Å²) < 4.78 is 13.6. The van der Waals surface area contributed by atoms with Crippen molar-refractivity contribution in [3.05, 3.63) is 28.0 Å². The van der Waals surface area contributed by atoms with Crippen LogP contribution < -0.4 is 10.6 Å². The van der Waals surface area contributed by atoms with Gasteiger partial charge in [-0.15, -0.1) is 0 Å². The monoisotopic (exact) mass is 328 g/mol. The fourth-order valence-corrected chi connectivity index (χ4v) is 2.32. The van der Waals surface area contributed by atoms with Gasteiger partial charge in [-0.3, -0.25) is 9.59 Å². The average Bonchev–Trinajstić information content (AvgIpc) is 2.36. The van der Waals surface area contributed by atoms with E-state index in [0.717, 1.165) is 0 Å². The number of anilines is 1. The normalized spacial score (nSPS) is 18.9. The van der Waals surface area contributed by atoms with Crippen LogP contribution in [0.15, 0.2) is 16.6 Å². The van der Waals surface area contributed by atoms with Crippen molar-refractivity contribution in [2.45, 2.75) is 19.8 Å². The molecule has 0 aromatic heterocycles. The van der Waals surface area contributed by atoms with E-state index in [1.54, 1.807) is 13.0 Å². The first-order valence-corrected chi connectivity index (χ1v) is 6.80. The third-order valence-electron chi connectivity index (χ3n) is 3.16. The Bertz CT molecular complexity index is 524. The van der Waals surface area contributed by atoms with Crippen LogP contribution in [0.3, 0.4) is 0 Å². The molecule has 0 spiro atoms. The highest BCUT2D eigenvalue weighted by Crippen LogP contribution is 2.25. The standard InChI is InChI=1S/C13H14BrFN2O2/c1-7-4-10(15)9(14)5-11(7)17-13(19)8-2-3-12(18)16-6-8/h4-5,8H,2-3,6H2,1H3,(H,16,18)(H,17,19). The maximum atomic E-state index is 13.3. The largest absolute Gasteiger partial charge is 0.355 e. The summed E-state index contributed by atoms with van der Waals surface area (Å²) in [7, 11) is 0. The van der Waals surface area contributed by atoms with E-state index in [0.29, 0.717) is 35.1 Å². The van der Waals surface area contributed by atoms with Crippen molar-refractivity contribution in [2.75, 3.05) is 11.9 Å². The van der Waals surface area contributed by atoms with Gasteiger partial charge in [-0.05, 0) is 47.0 Å². The molecule has 1 saturated heterocycles. The molecule has 102 valence electrons. The number of piperidine rings is 1. The Labute approximate surface area is 118 Å². The molecular weight excluding hydrogens is 315 g/mol. The number of nitrogens with one attached hydrogen (secondary N) is 2. The third kappa shape index (κ3) is 3.32.